The van der Waals surface area contributed by atoms with E-state index in [1.807, 2.05) is 0 Å². The summed E-state index contributed by atoms with van der Waals surface area (Å²) in [6.07, 6.45) is 4.28. The number of aliphatic carboxylic acids is 2. The van der Waals surface area contributed by atoms with Crippen molar-refractivity contribution in [2.45, 2.75) is 31.7 Å². The lowest BCUT2D eigenvalue weighted by molar-refractivity contribution is -0.140. The molecule has 0 bridgehead atoms. The van der Waals surface area contributed by atoms with Crippen LogP contribution in [0.3, 0.4) is 0 Å². The molecule has 88 valence electrons. The minimum Gasteiger partial charge on any atom is -0.480 e. The van der Waals surface area contributed by atoms with Crippen LogP contribution < -0.4 is 11.5 Å². The van der Waals surface area contributed by atoms with E-state index in [4.69, 9.17) is 15.9 Å². The van der Waals surface area contributed by atoms with Gasteiger partial charge in [-0.05, 0) is 18.8 Å². The fourth-order valence-electron chi connectivity index (χ4n) is 1.52. The van der Waals surface area contributed by atoms with E-state index in [0.29, 0.717) is 0 Å². The third-order valence-corrected chi connectivity index (χ3v) is 2.37. The molecular weight excluding hydrogens is 200 g/mol. The maximum absolute atomic E-state index is 10.4. The Labute approximate surface area is 88.3 Å². The van der Waals surface area contributed by atoms with Gasteiger partial charge in [-0.15, -0.1) is 0 Å². The molecule has 0 heterocycles. The van der Waals surface area contributed by atoms with Gasteiger partial charge in [-0.2, -0.15) is 0 Å². The zero-order valence-electron chi connectivity index (χ0n) is 8.56. The van der Waals surface area contributed by atoms with Crippen LogP contribution >= 0.6 is 0 Å². The Morgan fingerprint density at radius 1 is 1.27 bits per heavy atom. The lowest BCUT2D eigenvalue weighted by Gasteiger charge is -2.12. The third kappa shape index (κ3) is 6.03. The molecule has 0 aromatic carbocycles. The second kappa shape index (κ2) is 7.19. The monoisotopic (exact) mass is 218 g/mol. The summed E-state index contributed by atoms with van der Waals surface area (Å²) in [6, 6.07) is -0.623. The molecule has 1 fully saturated rings. The number of carbonyl (C=O) groups is 2. The standard InChI is InChI=1S/C7H13NO2.C2H5NO2/c8-6(7(9)10)5-3-1-2-4-5;3-1-2(4)5/h5-6H,1-4,8H2,(H,9,10);1,3H2,(H,4,5)/t6-;/m0./s1. The SMILES string of the molecule is NCC(=O)O.N[C@H](C(=O)O)C1CCCC1. The number of nitrogens with two attached hydrogens (primary N) is 2. The van der Waals surface area contributed by atoms with E-state index >= 15 is 0 Å². The summed E-state index contributed by atoms with van der Waals surface area (Å²) in [5.41, 5.74) is 9.99. The van der Waals surface area contributed by atoms with Crippen LogP contribution in [-0.2, 0) is 9.59 Å². The van der Waals surface area contributed by atoms with Gasteiger partial charge in [0.1, 0.15) is 6.04 Å². The number of hydrogen-bond donors (Lipinski definition) is 4. The van der Waals surface area contributed by atoms with Crippen LogP contribution in [-0.4, -0.2) is 34.7 Å². The molecule has 6 N–H and O–H groups in total. The highest BCUT2D eigenvalue weighted by Gasteiger charge is 2.26. The molecule has 0 aromatic rings. The molecular formula is C9H18N2O4. The fourth-order valence-corrected chi connectivity index (χ4v) is 1.52. The number of rotatable bonds is 3. The van der Waals surface area contributed by atoms with Crippen molar-refractivity contribution in [2.24, 2.45) is 17.4 Å². The normalized spacial score (nSPS) is 17.7. The molecule has 15 heavy (non-hydrogen) atoms. The van der Waals surface area contributed by atoms with Gasteiger partial charge >= 0.3 is 11.9 Å². The van der Waals surface area contributed by atoms with E-state index in [-0.39, 0.29) is 12.5 Å². The summed E-state index contributed by atoms with van der Waals surface area (Å²) >= 11 is 0. The van der Waals surface area contributed by atoms with Crippen LogP contribution in [0.5, 0.6) is 0 Å². The first-order valence-electron chi connectivity index (χ1n) is 4.89. The first kappa shape index (κ1) is 13.9. The first-order valence-corrected chi connectivity index (χ1v) is 4.89. The first-order chi connectivity index (χ1) is 6.99. The van der Waals surface area contributed by atoms with E-state index in [9.17, 15) is 9.59 Å². The smallest absolute Gasteiger partial charge is 0.320 e. The Balaban J connectivity index is 0.000000336. The molecule has 0 radical (unpaired) electrons. The van der Waals surface area contributed by atoms with Crippen LogP contribution in [0.15, 0.2) is 0 Å². The molecule has 1 saturated carbocycles. The van der Waals surface area contributed by atoms with Crippen molar-refractivity contribution in [2.75, 3.05) is 6.54 Å². The molecule has 1 rings (SSSR count). The minimum atomic E-state index is -0.968. The zero-order valence-corrected chi connectivity index (χ0v) is 8.56. The fraction of sp³-hybridized carbons (Fsp3) is 0.778. The maximum atomic E-state index is 10.4. The molecule has 0 amide bonds. The van der Waals surface area contributed by atoms with Crippen molar-refractivity contribution < 1.29 is 19.8 Å². The maximum Gasteiger partial charge on any atom is 0.320 e. The lowest BCUT2D eigenvalue weighted by Crippen LogP contribution is -2.36. The van der Waals surface area contributed by atoms with Crippen molar-refractivity contribution >= 4 is 11.9 Å². The Bertz CT molecular complexity index is 214. The van der Waals surface area contributed by atoms with Gasteiger partial charge in [0.05, 0.1) is 6.54 Å². The highest BCUT2D eigenvalue weighted by Crippen LogP contribution is 2.26. The summed E-state index contributed by atoms with van der Waals surface area (Å²) in [6.45, 7) is -0.278. The summed E-state index contributed by atoms with van der Waals surface area (Å²) in [7, 11) is 0. The quantitative estimate of drug-likeness (QED) is 0.511. The molecule has 1 aliphatic carbocycles. The van der Waals surface area contributed by atoms with Gasteiger partial charge in [0.15, 0.2) is 0 Å². The summed E-state index contributed by atoms with van der Waals surface area (Å²) < 4.78 is 0. The second-order valence-corrected chi connectivity index (χ2v) is 3.51. The topological polar surface area (TPSA) is 127 Å². The third-order valence-electron chi connectivity index (χ3n) is 2.37. The Morgan fingerprint density at radius 3 is 1.93 bits per heavy atom. The van der Waals surface area contributed by atoms with Gasteiger partial charge in [0.25, 0.3) is 0 Å². The zero-order chi connectivity index (χ0) is 11.8. The van der Waals surface area contributed by atoms with Crippen molar-refractivity contribution in [1.82, 2.24) is 0 Å². The van der Waals surface area contributed by atoms with Crippen molar-refractivity contribution in [3.8, 4) is 0 Å². The molecule has 0 unspecified atom stereocenters. The predicted molar refractivity (Wildman–Crippen MR) is 54.3 cm³/mol. The number of carboxylic acid groups (broad SMARTS) is 2. The molecule has 0 aromatic heterocycles. The molecule has 0 saturated heterocycles. The van der Waals surface area contributed by atoms with Crippen LogP contribution in [0.1, 0.15) is 25.7 Å². The summed E-state index contributed by atoms with van der Waals surface area (Å²) in [5.74, 6) is -1.59. The largest absolute Gasteiger partial charge is 0.480 e. The summed E-state index contributed by atoms with van der Waals surface area (Å²) in [4.78, 5) is 19.6. The van der Waals surface area contributed by atoms with Crippen molar-refractivity contribution in [3.05, 3.63) is 0 Å². The average Bonchev–Trinajstić information content (AvgIpc) is 2.70. The van der Waals surface area contributed by atoms with E-state index in [0.717, 1.165) is 25.7 Å². The van der Waals surface area contributed by atoms with Gasteiger partial charge in [0.2, 0.25) is 0 Å². The van der Waals surface area contributed by atoms with Crippen LogP contribution in [0.2, 0.25) is 0 Å². The van der Waals surface area contributed by atoms with Crippen molar-refractivity contribution in [1.29, 1.82) is 0 Å². The lowest BCUT2D eigenvalue weighted by atomic mass is 9.99. The highest BCUT2D eigenvalue weighted by molar-refractivity contribution is 5.73. The molecule has 6 heteroatoms. The Hall–Kier alpha value is -1.14. The van der Waals surface area contributed by atoms with Crippen LogP contribution in [0.4, 0.5) is 0 Å². The van der Waals surface area contributed by atoms with Gasteiger partial charge < -0.3 is 21.7 Å². The van der Waals surface area contributed by atoms with Crippen LogP contribution in [0, 0.1) is 5.92 Å². The van der Waals surface area contributed by atoms with Gasteiger partial charge in [-0.3, -0.25) is 9.59 Å². The minimum absolute atomic E-state index is 0.234. The molecule has 1 atom stereocenters. The van der Waals surface area contributed by atoms with E-state index in [2.05, 4.69) is 5.73 Å². The van der Waals surface area contributed by atoms with Crippen molar-refractivity contribution in [3.63, 3.8) is 0 Å². The second-order valence-electron chi connectivity index (χ2n) is 3.51. The summed E-state index contributed by atoms with van der Waals surface area (Å²) in [5, 5.41) is 16.1. The molecule has 0 spiro atoms. The van der Waals surface area contributed by atoms with E-state index in [1.54, 1.807) is 0 Å². The number of hydrogen-bond acceptors (Lipinski definition) is 4. The van der Waals surface area contributed by atoms with Gasteiger partial charge in [-0.25, -0.2) is 0 Å². The van der Waals surface area contributed by atoms with E-state index in [1.165, 1.54) is 0 Å². The van der Waals surface area contributed by atoms with E-state index < -0.39 is 18.0 Å². The van der Waals surface area contributed by atoms with Crippen LogP contribution in [0.25, 0.3) is 0 Å². The Morgan fingerprint density at radius 2 is 1.67 bits per heavy atom. The Kier molecular flexibility index (Phi) is 6.64. The van der Waals surface area contributed by atoms with Gasteiger partial charge in [0, 0.05) is 0 Å². The molecule has 1 aliphatic rings. The predicted octanol–water partition coefficient (Wildman–Crippen LogP) is -0.382. The average molecular weight is 218 g/mol. The van der Waals surface area contributed by atoms with Gasteiger partial charge in [-0.1, -0.05) is 12.8 Å². The highest BCUT2D eigenvalue weighted by atomic mass is 16.4. The number of carboxylic acids is 2. The molecule has 0 aliphatic heterocycles. The molecule has 6 nitrogen and oxygen atoms in total.